The topological polar surface area (TPSA) is 71.6 Å². The number of hydrogen-bond donors (Lipinski definition) is 1. The van der Waals surface area contributed by atoms with Crippen molar-refractivity contribution in [3.05, 3.63) is 36.2 Å². The molecule has 20 heavy (non-hydrogen) atoms. The summed E-state index contributed by atoms with van der Waals surface area (Å²) in [4.78, 5) is 6.52. The number of ether oxygens (including phenoxy) is 1. The maximum absolute atomic E-state index is 9.34. The van der Waals surface area contributed by atoms with E-state index < -0.39 is 0 Å². The first-order valence-corrected chi connectivity index (χ1v) is 6.67. The van der Waals surface area contributed by atoms with Crippen LogP contribution in [0.25, 0.3) is 11.5 Å². The van der Waals surface area contributed by atoms with E-state index in [-0.39, 0.29) is 12.6 Å². The Morgan fingerprint density at radius 3 is 2.95 bits per heavy atom. The van der Waals surface area contributed by atoms with Crippen LogP contribution in [-0.2, 0) is 11.3 Å². The van der Waals surface area contributed by atoms with Crippen LogP contribution in [0.2, 0.25) is 0 Å². The van der Waals surface area contributed by atoms with Crippen molar-refractivity contribution in [2.24, 2.45) is 0 Å². The summed E-state index contributed by atoms with van der Waals surface area (Å²) in [7, 11) is 0. The lowest BCUT2D eigenvalue weighted by Gasteiger charge is -2.33. The van der Waals surface area contributed by atoms with E-state index in [1.165, 1.54) is 0 Å². The summed E-state index contributed by atoms with van der Waals surface area (Å²) in [6.07, 6.45) is 0. The van der Waals surface area contributed by atoms with Gasteiger partial charge in [-0.05, 0) is 12.1 Å². The van der Waals surface area contributed by atoms with Crippen LogP contribution in [0, 0.1) is 0 Å². The van der Waals surface area contributed by atoms with Crippen LogP contribution in [0.4, 0.5) is 0 Å². The first-order chi connectivity index (χ1) is 9.86. The van der Waals surface area contributed by atoms with Gasteiger partial charge < -0.3 is 14.4 Å². The van der Waals surface area contributed by atoms with Gasteiger partial charge in [0, 0.05) is 12.1 Å². The SMILES string of the molecule is OCC1COCCN1Cc1noc(-c2ccccc2)n1. The summed E-state index contributed by atoms with van der Waals surface area (Å²) >= 11 is 0. The lowest BCUT2D eigenvalue weighted by atomic mass is 10.2. The van der Waals surface area contributed by atoms with Crippen LogP contribution in [0.15, 0.2) is 34.9 Å². The summed E-state index contributed by atoms with van der Waals surface area (Å²) in [5.41, 5.74) is 0.909. The minimum Gasteiger partial charge on any atom is -0.395 e. The second-order valence-corrected chi connectivity index (χ2v) is 4.76. The highest BCUT2D eigenvalue weighted by molar-refractivity contribution is 5.51. The molecule has 1 N–H and O–H groups in total. The van der Waals surface area contributed by atoms with E-state index >= 15 is 0 Å². The van der Waals surface area contributed by atoms with Crippen molar-refractivity contribution in [2.75, 3.05) is 26.4 Å². The summed E-state index contributed by atoms with van der Waals surface area (Å²) in [6, 6.07) is 9.68. The normalized spacial score (nSPS) is 20.1. The Morgan fingerprint density at radius 2 is 2.15 bits per heavy atom. The Kier molecular flexibility index (Phi) is 4.05. The minimum absolute atomic E-state index is 0.00225. The smallest absolute Gasteiger partial charge is 0.257 e. The average molecular weight is 275 g/mol. The predicted molar refractivity (Wildman–Crippen MR) is 71.8 cm³/mol. The van der Waals surface area contributed by atoms with Crippen molar-refractivity contribution in [1.29, 1.82) is 0 Å². The number of aromatic nitrogens is 2. The van der Waals surface area contributed by atoms with Crippen LogP contribution in [0.5, 0.6) is 0 Å². The number of benzene rings is 1. The molecular weight excluding hydrogens is 258 g/mol. The summed E-state index contributed by atoms with van der Waals surface area (Å²) in [5.74, 6) is 1.15. The van der Waals surface area contributed by atoms with Gasteiger partial charge in [-0.2, -0.15) is 4.98 Å². The van der Waals surface area contributed by atoms with Crippen molar-refractivity contribution in [3.63, 3.8) is 0 Å². The van der Waals surface area contributed by atoms with Gasteiger partial charge in [0.05, 0.1) is 32.4 Å². The van der Waals surface area contributed by atoms with Crippen molar-refractivity contribution >= 4 is 0 Å². The molecule has 6 heteroatoms. The van der Waals surface area contributed by atoms with E-state index in [1.807, 2.05) is 30.3 Å². The van der Waals surface area contributed by atoms with E-state index in [4.69, 9.17) is 9.26 Å². The molecule has 1 aliphatic rings. The Morgan fingerprint density at radius 1 is 1.30 bits per heavy atom. The maximum Gasteiger partial charge on any atom is 0.257 e. The van der Waals surface area contributed by atoms with E-state index in [9.17, 15) is 5.11 Å². The maximum atomic E-state index is 9.34. The molecular formula is C14H17N3O3. The molecule has 1 aromatic carbocycles. The van der Waals surface area contributed by atoms with Crippen LogP contribution in [-0.4, -0.2) is 52.6 Å². The molecule has 2 heterocycles. The Balaban J connectivity index is 1.71. The zero-order valence-corrected chi connectivity index (χ0v) is 11.1. The highest BCUT2D eigenvalue weighted by Crippen LogP contribution is 2.17. The van der Waals surface area contributed by atoms with E-state index in [2.05, 4.69) is 15.0 Å². The van der Waals surface area contributed by atoms with Gasteiger partial charge in [-0.15, -0.1) is 0 Å². The molecule has 3 rings (SSSR count). The highest BCUT2D eigenvalue weighted by atomic mass is 16.5. The number of hydrogen-bond acceptors (Lipinski definition) is 6. The summed E-state index contributed by atoms with van der Waals surface area (Å²) in [6.45, 7) is 2.61. The van der Waals surface area contributed by atoms with E-state index in [1.54, 1.807) is 0 Å². The van der Waals surface area contributed by atoms with Gasteiger partial charge in [0.1, 0.15) is 0 Å². The highest BCUT2D eigenvalue weighted by Gasteiger charge is 2.24. The second-order valence-electron chi connectivity index (χ2n) is 4.76. The zero-order chi connectivity index (χ0) is 13.8. The lowest BCUT2D eigenvalue weighted by Crippen LogP contribution is -2.47. The fraction of sp³-hybridized carbons (Fsp3) is 0.429. The van der Waals surface area contributed by atoms with E-state index in [0.717, 1.165) is 12.1 Å². The first-order valence-electron chi connectivity index (χ1n) is 6.67. The quantitative estimate of drug-likeness (QED) is 0.895. The standard InChI is InChI=1S/C14H17N3O3/c18-9-12-10-19-7-6-17(12)8-13-15-14(20-16-13)11-4-2-1-3-5-11/h1-5,12,18H,6-10H2. The van der Waals surface area contributed by atoms with Crippen LogP contribution in [0.3, 0.4) is 0 Å². The van der Waals surface area contributed by atoms with Gasteiger partial charge in [0.25, 0.3) is 5.89 Å². The fourth-order valence-corrected chi connectivity index (χ4v) is 2.26. The van der Waals surface area contributed by atoms with Crippen molar-refractivity contribution < 1.29 is 14.4 Å². The molecule has 2 aromatic rings. The Labute approximate surface area is 117 Å². The monoisotopic (exact) mass is 275 g/mol. The minimum atomic E-state index is 0.00225. The van der Waals surface area contributed by atoms with Gasteiger partial charge >= 0.3 is 0 Å². The number of nitrogens with zero attached hydrogens (tertiary/aromatic N) is 3. The molecule has 6 nitrogen and oxygen atoms in total. The number of aliphatic hydroxyl groups excluding tert-OH is 1. The largest absolute Gasteiger partial charge is 0.395 e. The third kappa shape index (κ3) is 2.87. The van der Waals surface area contributed by atoms with Gasteiger partial charge in [-0.1, -0.05) is 23.4 Å². The van der Waals surface area contributed by atoms with Crippen LogP contribution in [0.1, 0.15) is 5.82 Å². The lowest BCUT2D eigenvalue weighted by molar-refractivity contribution is -0.0324. The molecule has 0 radical (unpaired) electrons. The molecule has 1 unspecified atom stereocenters. The second kappa shape index (κ2) is 6.13. The molecule has 1 fully saturated rings. The molecule has 1 aliphatic heterocycles. The first kappa shape index (κ1) is 13.2. The van der Waals surface area contributed by atoms with E-state index in [0.29, 0.717) is 31.5 Å². The number of rotatable bonds is 4. The molecule has 106 valence electrons. The van der Waals surface area contributed by atoms with Gasteiger partial charge in [0.15, 0.2) is 5.82 Å². The zero-order valence-electron chi connectivity index (χ0n) is 11.1. The summed E-state index contributed by atoms with van der Waals surface area (Å²) in [5, 5.41) is 13.3. The molecule has 1 saturated heterocycles. The van der Waals surface area contributed by atoms with Gasteiger partial charge in [-0.25, -0.2) is 0 Å². The van der Waals surface area contributed by atoms with Crippen molar-refractivity contribution in [3.8, 4) is 11.5 Å². The third-order valence-electron chi connectivity index (χ3n) is 3.39. The van der Waals surface area contributed by atoms with Crippen molar-refractivity contribution in [1.82, 2.24) is 15.0 Å². The average Bonchev–Trinajstić information content (AvgIpc) is 2.97. The van der Waals surface area contributed by atoms with Gasteiger partial charge in [-0.3, -0.25) is 4.90 Å². The molecule has 0 bridgehead atoms. The van der Waals surface area contributed by atoms with Gasteiger partial charge in [0.2, 0.25) is 0 Å². The summed E-state index contributed by atoms with van der Waals surface area (Å²) < 4.78 is 10.6. The predicted octanol–water partition coefficient (Wildman–Crippen LogP) is 0.930. The Bertz CT molecular complexity index is 544. The Hall–Kier alpha value is -1.76. The van der Waals surface area contributed by atoms with Crippen molar-refractivity contribution in [2.45, 2.75) is 12.6 Å². The third-order valence-corrected chi connectivity index (χ3v) is 3.39. The molecule has 0 aliphatic carbocycles. The number of aliphatic hydroxyl groups is 1. The molecule has 0 spiro atoms. The fourth-order valence-electron chi connectivity index (χ4n) is 2.26. The molecule has 1 aromatic heterocycles. The van der Waals surface area contributed by atoms with Crippen LogP contribution < -0.4 is 0 Å². The molecule has 0 saturated carbocycles. The molecule has 0 amide bonds. The van der Waals surface area contributed by atoms with Crippen LogP contribution >= 0.6 is 0 Å². The molecule has 1 atom stereocenters. The number of morpholine rings is 1.